The van der Waals surface area contributed by atoms with Crippen molar-refractivity contribution < 1.29 is 18.7 Å². The highest BCUT2D eigenvalue weighted by Gasteiger charge is 2.54. The van der Waals surface area contributed by atoms with Gasteiger partial charge in [-0.15, -0.1) is 0 Å². The van der Waals surface area contributed by atoms with E-state index in [0.29, 0.717) is 18.3 Å². The minimum Gasteiger partial charge on any atom is -0.456 e. The molecule has 1 aromatic rings. The number of rotatable bonds is 7. The maximum absolute atomic E-state index is 12.8. The molecule has 0 spiro atoms. The summed E-state index contributed by atoms with van der Waals surface area (Å²) in [6, 6.07) is 2.06. The maximum Gasteiger partial charge on any atom is 0.287 e. The number of carbonyl (C=O) groups excluding carboxylic acids is 1. The van der Waals surface area contributed by atoms with Gasteiger partial charge in [-0.2, -0.15) is 0 Å². The number of fused-ring (bicyclic) bond motifs is 1. The predicted molar refractivity (Wildman–Crippen MR) is 97.1 cm³/mol. The van der Waals surface area contributed by atoms with Crippen LogP contribution in [0.5, 0.6) is 0 Å². The SMILES string of the molecule is CCc1oc(C(=O)N[C@@H]2[C@@H](COC)[C@H]3OCC[C@@H]23)cc1CN1CCCC1. The van der Waals surface area contributed by atoms with E-state index in [4.69, 9.17) is 13.9 Å². The van der Waals surface area contributed by atoms with Gasteiger partial charge in [0.15, 0.2) is 5.76 Å². The number of methoxy groups -OCH3 is 1. The van der Waals surface area contributed by atoms with Crippen molar-refractivity contribution in [3.63, 3.8) is 0 Å². The summed E-state index contributed by atoms with van der Waals surface area (Å²) in [6.07, 6.45) is 4.58. The number of nitrogens with zero attached hydrogens (tertiary/aromatic N) is 1. The van der Waals surface area contributed by atoms with Crippen LogP contribution in [0.15, 0.2) is 10.5 Å². The van der Waals surface area contributed by atoms with Crippen LogP contribution in [0.4, 0.5) is 0 Å². The quantitative estimate of drug-likeness (QED) is 0.806. The van der Waals surface area contributed by atoms with E-state index in [1.807, 2.05) is 6.07 Å². The summed E-state index contributed by atoms with van der Waals surface area (Å²) >= 11 is 0. The number of carbonyl (C=O) groups is 1. The Morgan fingerprint density at radius 1 is 1.38 bits per heavy atom. The van der Waals surface area contributed by atoms with Gasteiger partial charge in [0.05, 0.1) is 12.7 Å². The van der Waals surface area contributed by atoms with Crippen LogP contribution in [0.25, 0.3) is 0 Å². The first-order chi connectivity index (χ1) is 12.7. The molecule has 1 aliphatic carbocycles. The monoisotopic (exact) mass is 362 g/mol. The number of aryl methyl sites for hydroxylation is 1. The van der Waals surface area contributed by atoms with E-state index in [2.05, 4.69) is 17.1 Å². The van der Waals surface area contributed by atoms with Crippen LogP contribution in [0.2, 0.25) is 0 Å². The fraction of sp³-hybridized carbons (Fsp3) is 0.750. The molecule has 4 rings (SSSR count). The minimum atomic E-state index is -0.108. The fourth-order valence-corrected chi connectivity index (χ4v) is 4.85. The zero-order valence-corrected chi connectivity index (χ0v) is 15.8. The number of hydrogen-bond acceptors (Lipinski definition) is 5. The third kappa shape index (κ3) is 3.30. The molecule has 0 aromatic carbocycles. The average molecular weight is 362 g/mol. The molecule has 0 unspecified atom stereocenters. The van der Waals surface area contributed by atoms with Crippen molar-refractivity contribution in [1.29, 1.82) is 0 Å². The van der Waals surface area contributed by atoms with Gasteiger partial charge in [0.2, 0.25) is 0 Å². The second kappa shape index (κ2) is 7.71. The summed E-state index contributed by atoms with van der Waals surface area (Å²) in [4.78, 5) is 15.2. The molecule has 3 aliphatic rings. The molecule has 4 atom stereocenters. The minimum absolute atomic E-state index is 0.108. The van der Waals surface area contributed by atoms with Crippen molar-refractivity contribution in [1.82, 2.24) is 10.2 Å². The van der Waals surface area contributed by atoms with Gasteiger partial charge >= 0.3 is 0 Å². The molecule has 3 heterocycles. The first-order valence-electron chi connectivity index (χ1n) is 9.96. The molecule has 3 fully saturated rings. The van der Waals surface area contributed by atoms with Crippen LogP contribution in [0, 0.1) is 11.8 Å². The largest absolute Gasteiger partial charge is 0.456 e. The summed E-state index contributed by atoms with van der Waals surface area (Å²) < 4.78 is 17.0. The molecule has 0 radical (unpaired) electrons. The van der Waals surface area contributed by atoms with Crippen molar-refractivity contribution in [2.24, 2.45) is 11.8 Å². The van der Waals surface area contributed by atoms with E-state index in [-0.39, 0.29) is 24.0 Å². The van der Waals surface area contributed by atoms with E-state index in [1.165, 1.54) is 12.8 Å². The Morgan fingerprint density at radius 2 is 2.19 bits per heavy atom. The highest BCUT2D eigenvalue weighted by Crippen LogP contribution is 2.43. The number of ether oxygens (including phenoxy) is 2. The molecule has 1 aromatic heterocycles. The van der Waals surface area contributed by atoms with Gasteiger partial charge in [-0.3, -0.25) is 9.69 Å². The Hall–Kier alpha value is -1.37. The smallest absolute Gasteiger partial charge is 0.287 e. The Labute approximate surface area is 155 Å². The Kier molecular flexibility index (Phi) is 5.34. The molecule has 2 aliphatic heterocycles. The summed E-state index contributed by atoms with van der Waals surface area (Å²) in [6.45, 7) is 6.63. The zero-order valence-electron chi connectivity index (χ0n) is 15.8. The Bertz CT molecular complexity index is 638. The van der Waals surface area contributed by atoms with Crippen LogP contribution in [0.3, 0.4) is 0 Å². The number of likely N-dealkylation sites (tertiary alicyclic amines) is 1. The van der Waals surface area contributed by atoms with Crippen LogP contribution in [0.1, 0.15) is 48.1 Å². The molecular formula is C20H30N2O4. The van der Waals surface area contributed by atoms with Crippen molar-refractivity contribution in [3.8, 4) is 0 Å². The van der Waals surface area contributed by atoms with Crippen LogP contribution < -0.4 is 5.32 Å². The normalized spacial score (nSPS) is 31.0. The topological polar surface area (TPSA) is 63.9 Å². The lowest BCUT2D eigenvalue weighted by molar-refractivity contribution is -0.0811. The van der Waals surface area contributed by atoms with Gasteiger partial charge in [-0.05, 0) is 38.4 Å². The van der Waals surface area contributed by atoms with E-state index < -0.39 is 0 Å². The van der Waals surface area contributed by atoms with E-state index in [9.17, 15) is 4.79 Å². The summed E-state index contributed by atoms with van der Waals surface area (Å²) in [5.74, 6) is 1.91. The third-order valence-electron chi connectivity index (χ3n) is 6.22. The number of hydrogen-bond donors (Lipinski definition) is 1. The fourth-order valence-electron chi connectivity index (χ4n) is 4.85. The third-order valence-corrected chi connectivity index (χ3v) is 6.22. The van der Waals surface area contributed by atoms with Gasteiger partial charge in [-0.1, -0.05) is 6.92 Å². The molecule has 6 heteroatoms. The number of amides is 1. The molecule has 6 nitrogen and oxygen atoms in total. The molecule has 2 saturated heterocycles. The van der Waals surface area contributed by atoms with Crippen LogP contribution >= 0.6 is 0 Å². The molecule has 1 N–H and O–H groups in total. The molecule has 26 heavy (non-hydrogen) atoms. The second-order valence-corrected chi connectivity index (χ2v) is 7.80. The lowest BCUT2D eigenvalue weighted by Crippen LogP contribution is -2.62. The summed E-state index contributed by atoms with van der Waals surface area (Å²) in [5, 5.41) is 3.19. The summed E-state index contributed by atoms with van der Waals surface area (Å²) in [7, 11) is 1.70. The van der Waals surface area contributed by atoms with E-state index in [0.717, 1.165) is 50.4 Å². The standard InChI is InChI=1S/C20H30N2O4/c1-3-16-13(11-22-7-4-5-8-22)10-17(26-16)20(23)21-18-14-6-9-25-19(14)15(18)12-24-2/h10,14-15,18-19H,3-9,11-12H2,1-2H3,(H,21,23)/t14-,15+,18-,19-/m0/s1. The van der Waals surface area contributed by atoms with Crippen LogP contribution in [-0.2, 0) is 22.4 Å². The van der Waals surface area contributed by atoms with Crippen molar-refractivity contribution in [2.45, 2.75) is 51.3 Å². The van der Waals surface area contributed by atoms with Gasteiger partial charge in [0, 0.05) is 50.1 Å². The maximum atomic E-state index is 12.8. The van der Waals surface area contributed by atoms with Crippen molar-refractivity contribution >= 4 is 5.91 Å². The van der Waals surface area contributed by atoms with Gasteiger partial charge in [0.25, 0.3) is 5.91 Å². The first-order valence-corrected chi connectivity index (χ1v) is 9.96. The highest BCUT2D eigenvalue weighted by molar-refractivity contribution is 5.92. The Balaban J connectivity index is 1.43. The van der Waals surface area contributed by atoms with E-state index >= 15 is 0 Å². The Morgan fingerprint density at radius 3 is 2.92 bits per heavy atom. The predicted octanol–water partition coefficient (Wildman–Crippen LogP) is 2.22. The zero-order chi connectivity index (χ0) is 18.1. The molecule has 0 bridgehead atoms. The molecular weight excluding hydrogens is 332 g/mol. The molecule has 1 saturated carbocycles. The molecule has 1 amide bonds. The van der Waals surface area contributed by atoms with Gasteiger partial charge < -0.3 is 19.2 Å². The lowest BCUT2D eigenvalue weighted by atomic mass is 9.67. The number of furan rings is 1. The first kappa shape index (κ1) is 18.0. The van der Waals surface area contributed by atoms with Crippen molar-refractivity contribution in [3.05, 3.63) is 23.2 Å². The van der Waals surface area contributed by atoms with E-state index in [1.54, 1.807) is 7.11 Å². The van der Waals surface area contributed by atoms with Crippen LogP contribution in [-0.4, -0.2) is 56.4 Å². The average Bonchev–Trinajstić information content (AvgIpc) is 3.37. The summed E-state index contributed by atoms with van der Waals surface area (Å²) in [5.41, 5.74) is 1.16. The second-order valence-electron chi connectivity index (χ2n) is 7.80. The highest BCUT2D eigenvalue weighted by atomic mass is 16.5. The number of nitrogens with one attached hydrogen (secondary N) is 1. The molecule has 144 valence electrons. The van der Waals surface area contributed by atoms with Gasteiger partial charge in [-0.25, -0.2) is 0 Å². The lowest BCUT2D eigenvalue weighted by Gasteiger charge is -2.47. The van der Waals surface area contributed by atoms with Gasteiger partial charge in [0.1, 0.15) is 5.76 Å². The van der Waals surface area contributed by atoms with Crippen molar-refractivity contribution in [2.75, 3.05) is 33.4 Å².